The molecule has 0 radical (unpaired) electrons. The second-order valence-electron chi connectivity index (χ2n) is 8.89. The summed E-state index contributed by atoms with van der Waals surface area (Å²) in [4.78, 5) is 0. The fourth-order valence-electron chi connectivity index (χ4n) is 4.44. The fraction of sp³-hybridized carbons (Fsp3) is 0.538. The molecular formula is C26H36O4. The van der Waals surface area contributed by atoms with Crippen molar-refractivity contribution in [1.29, 1.82) is 0 Å². The second kappa shape index (κ2) is 9.84. The summed E-state index contributed by atoms with van der Waals surface area (Å²) in [5.74, 6) is 2.42. The van der Waals surface area contributed by atoms with E-state index in [0.29, 0.717) is 25.0 Å². The van der Waals surface area contributed by atoms with Crippen LogP contribution in [0.1, 0.15) is 81.0 Å². The van der Waals surface area contributed by atoms with Gasteiger partial charge >= 0.3 is 0 Å². The van der Waals surface area contributed by atoms with E-state index < -0.39 is 0 Å². The van der Waals surface area contributed by atoms with E-state index in [1.165, 1.54) is 28.7 Å². The van der Waals surface area contributed by atoms with Gasteiger partial charge in [0.2, 0.25) is 0 Å². The zero-order valence-corrected chi connectivity index (χ0v) is 18.8. The van der Waals surface area contributed by atoms with Crippen LogP contribution in [0.25, 0.3) is 0 Å². The van der Waals surface area contributed by atoms with Gasteiger partial charge in [0.05, 0.1) is 13.2 Å². The Labute approximate surface area is 180 Å². The predicted molar refractivity (Wildman–Crippen MR) is 121 cm³/mol. The first-order chi connectivity index (χ1) is 14.4. The first-order valence-corrected chi connectivity index (χ1v) is 11.2. The summed E-state index contributed by atoms with van der Waals surface area (Å²) >= 11 is 0. The van der Waals surface area contributed by atoms with Gasteiger partial charge in [0, 0.05) is 5.41 Å². The molecule has 0 saturated heterocycles. The summed E-state index contributed by atoms with van der Waals surface area (Å²) in [5.41, 5.74) is 5.09. The molecule has 1 aliphatic carbocycles. The average Bonchev–Trinajstić information content (AvgIpc) is 2.70. The van der Waals surface area contributed by atoms with E-state index in [0.717, 1.165) is 24.3 Å². The molecule has 0 aromatic heterocycles. The molecule has 30 heavy (non-hydrogen) atoms. The summed E-state index contributed by atoms with van der Waals surface area (Å²) in [5, 5.41) is 18.3. The lowest BCUT2D eigenvalue weighted by Gasteiger charge is -2.44. The lowest BCUT2D eigenvalue weighted by Crippen LogP contribution is -2.35. The predicted octanol–water partition coefficient (Wildman–Crippen LogP) is 5.15. The normalized spacial score (nSPS) is 15.3. The Kier molecular flexibility index (Phi) is 7.43. The molecule has 2 aromatic carbocycles. The molecule has 1 saturated carbocycles. The number of benzene rings is 2. The third kappa shape index (κ3) is 4.50. The van der Waals surface area contributed by atoms with Gasteiger partial charge in [-0.2, -0.15) is 0 Å². The lowest BCUT2D eigenvalue weighted by molar-refractivity contribution is 0.199. The molecule has 0 spiro atoms. The van der Waals surface area contributed by atoms with E-state index in [2.05, 4.69) is 64.1 Å². The largest absolute Gasteiger partial charge is 0.491 e. The van der Waals surface area contributed by atoms with Crippen LogP contribution in [0.3, 0.4) is 0 Å². The quantitative estimate of drug-likeness (QED) is 0.567. The first kappa shape index (κ1) is 22.6. The molecule has 3 rings (SSSR count). The minimum Gasteiger partial charge on any atom is -0.491 e. The molecular weight excluding hydrogens is 376 g/mol. The van der Waals surface area contributed by atoms with Crippen molar-refractivity contribution in [2.45, 2.75) is 64.2 Å². The fourth-order valence-corrected chi connectivity index (χ4v) is 4.44. The smallest absolute Gasteiger partial charge is 0.122 e. The van der Waals surface area contributed by atoms with Gasteiger partial charge in [-0.3, -0.25) is 0 Å². The number of hydrogen-bond acceptors (Lipinski definition) is 4. The molecule has 164 valence electrons. The zero-order chi connectivity index (χ0) is 21.7. The summed E-state index contributed by atoms with van der Waals surface area (Å²) in [6.45, 7) is 9.41. The molecule has 1 aliphatic rings. The molecule has 0 bridgehead atoms. The van der Waals surface area contributed by atoms with Gasteiger partial charge in [0.15, 0.2) is 0 Å². The molecule has 0 aliphatic heterocycles. The minimum atomic E-state index is 0.0197. The lowest BCUT2D eigenvalue weighted by atomic mass is 9.60. The number of aliphatic hydroxyl groups excluding tert-OH is 2. The number of ether oxygens (including phenoxy) is 2. The van der Waals surface area contributed by atoms with Gasteiger partial charge in [0.1, 0.15) is 24.7 Å². The van der Waals surface area contributed by atoms with Crippen LogP contribution in [-0.2, 0) is 5.41 Å². The van der Waals surface area contributed by atoms with Gasteiger partial charge in [-0.1, -0.05) is 58.4 Å². The highest BCUT2D eigenvalue weighted by Gasteiger charge is 2.41. The van der Waals surface area contributed by atoms with E-state index in [1.54, 1.807) is 0 Å². The molecule has 2 N–H and O–H groups in total. The van der Waals surface area contributed by atoms with E-state index >= 15 is 0 Å². The van der Waals surface area contributed by atoms with Crippen LogP contribution in [0.5, 0.6) is 11.5 Å². The third-order valence-corrected chi connectivity index (χ3v) is 6.27. The van der Waals surface area contributed by atoms with Gasteiger partial charge in [0.25, 0.3) is 0 Å². The van der Waals surface area contributed by atoms with Crippen molar-refractivity contribution in [1.82, 2.24) is 0 Å². The van der Waals surface area contributed by atoms with Gasteiger partial charge in [-0.05, 0) is 59.1 Å². The summed E-state index contributed by atoms with van der Waals surface area (Å²) in [6.07, 6.45) is 3.49. The Bertz CT molecular complexity index is 771. The van der Waals surface area contributed by atoms with Crippen molar-refractivity contribution in [2.75, 3.05) is 26.4 Å². The van der Waals surface area contributed by atoms with Crippen molar-refractivity contribution in [2.24, 2.45) is 0 Å². The molecule has 4 nitrogen and oxygen atoms in total. The summed E-state index contributed by atoms with van der Waals surface area (Å²) in [7, 11) is 0. The highest BCUT2D eigenvalue weighted by Crippen LogP contribution is 2.51. The van der Waals surface area contributed by atoms with Gasteiger partial charge < -0.3 is 19.7 Å². The number of aliphatic hydroxyl groups is 2. The maximum Gasteiger partial charge on any atom is 0.122 e. The maximum absolute atomic E-state index is 9.13. The molecule has 2 aromatic rings. The molecule has 0 atom stereocenters. The van der Waals surface area contributed by atoms with E-state index in [-0.39, 0.29) is 18.6 Å². The van der Waals surface area contributed by atoms with E-state index in [9.17, 15) is 0 Å². The highest BCUT2D eigenvalue weighted by molar-refractivity contribution is 5.51. The molecule has 0 amide bonds. The van der Waals surface area contributed by atoms with Crippen LogP contribution < -0.4 is 9.47 Å². The number of hydrogen-bond donors (Lipinski definition) is 2. The number of rotatable bonds is 10. The van der Waals surface area contributed by atoms with Crippen LogP contribution >= 0.6 is 0 Å². The maximum atomic E-state index is 9.13. The standard InChI is InChI=1S/C26H36O4/c1-18(2)22-16-20(6-8-24(22)29-14-12-27)26(10-5-11-26)21-7-9-25(30-15-13-28)23(17-21)19(3)4/h6-9,16-19,27-28H,5,10-15H2,1-4H3. The van der Waals surface area contributed by atoms with Gasteiger partial charge in [-0.25, -0.2) is 0 Å². The van der Waals surface area contributed by atoms with Crippen molar-refractivity contribution < 1.29 is 19.7 Å². The van der Waals surface area contributed by atoms with Gasteiger partial charge in [-0.15, -0.1) is 0 Å². The van der Waals surface area contributed by atoms with Crippen molar-refractivity contribution in [3.63, 3.8) is 0 Å². The third-order valence-electron chi connectivity index (χ3n) is 6.27. The SMILES string of the molecule is CC(C)c1cc(C2(c3ccc(OCCO)c(C(C)C)c3)CCC2)ccc1OCCO. The van der Waals surface area contributed by atoms with Crippen LogP contribution in [0.15, 0.2) is 36.4 Å². The molecule has 0 unspecified atom stereocenters. The summed E-state index contributed by atoms with van der Waals surface area (Å²) in [6, 6.07) is 13.2. The van der Waals surface area contributed by atoms with E-state index in [4.69, 9.17) is 19.7 Å². The summed E-state index contributed by atoms with van der Waals surface area (Å²) < 4.78 is 11.6. The van der Waals surface area contributed by atoms with Crippen molar-refractivity contribution in [3.05, 3.63) is 58.7 Å². The Morgan fingerprint density at radius 3 is 1.50 bits per heavy atom. The van der Waals surface area contributed by atoms with Crippen LogP contribution in [-0.4, -0.2) is 36.6 Å². The van der Waals surface area contributed by atoms with Crippen molar-refractivity contribution in [3.8, 4) is 11.5 Å². The zero-order valence-electron chi connectivity index (χ0n) is 18.8. The van der Waals surface area contributed by atoms with Crippen molar-refractivity contribution >= 4 is 0 Å². The van der Waals surface area contributed by atoms with Crippen LogP contribution in [0.4, 0.5) is 0 Å². The molecule has 1 fully saturated rings. The molecule has 4 heteroatoms. The Morgan fingerprint density at radius 1 is 0.767 bits per heavy atom. The Hall–Kier alpha value is -2.04. The monoisotopic (exact) mass is 412 g/mol. The highest BCUT2D eigenvalue weighted by atomic mass is 16.5. The van der Waals surface area contributed by atoms with Crippen LogP contribution in [0, 0.1) is 0 Å². The first-order valence-electron chi connectivity index (χ1n) is 11.2. The van der Waals surface area contributed by atoms with E-state index in [1.807, 2.05) is 0 Å². The Morgan fingerprint density at radius 2 is 1.20 bits per heavy atom. The van der Waals surface area contributed by atoms with Crippen LogP contribution in [0.2, 0.25) is 0 Å². The average molecular weight is 413 g/mol. The minimum absolute atomic E-state index is 0.0197. The Balaban J connectivity index is 2.02. The topological polar surface area (TPSA) is 58.9 Å². The second-order valence-corrected chi connectivity index (χ2v) is 8.89. The molecule has 0 heterocycles.